The molecule has 0 spiro atoms. The molecule has 15 heavy (non-hydrogen) atoms. The van der Waals surface area contributed by atoms with Gasteiger partial charge in [0.1, 0.15) is 0 Å². The molecule has 2 atom stereocenters. The molecule has 1 aliphatic rings. The average molecular weight is 204 g/mol. The summed E-state index contributed by atoms with van der Waals surface area (Å²) in [4.78, 5) is 0. The number of hydrogen-bond donors (Lipinski definition) is 1. The number of benzene rings is 1. The highest BCUT2D eigenvalue weighted by Crippen LogP contribution is 2.34. The Labute approximate surface area is 92.1 Å². The zero-order valence-electron chi connectivity index (χ0n) is 9.61. The largest absolute Gasteiger partial charge is 0.392 e. The minimum Gasteiger partial charge on any atom is -0.392 e. The van der Waals surface area contributed by atoms with Crippen molar-refractivity contribution in [3.05, 3.63) is 35.4 Å². The summed E-state index contributed by atoms with van der Waals surface area (Å²) in [6.45, 7) is 4.42. The smallest absolute Gasteiger partial charge is 0.0608 e. The molecule has 0 amide bonds. The fraction of sp³-hybridized carbons (Fsp3) is 0.571. The molecule has 0 bridgehead atoms. The zero-order valence-corrected chi connectivity index (χ0v) is 9.61. The third-order valence-corrected chi connectivity index (χ3v) is 3.51. The lowest BCUT2D eigenvalue weighted by Gasteiger charge is -2.15. The summed E-state index contributed by atoms with van der Waals surface area (Å²) in [7, 11) is 0. The van der Waals surface area contributed by atoms with Crippen molar-refractivity contribution in [3.63, 3.8) is 0 Å². The van der Waals surface area contributed by atoms with Crippen LogP contribution in [0.3, 0.4) is 0 Å². The van der Waals surface area contributed by atoms with Gasteiger partial charge in [-0.25, -0.2) is 0 Å². The molecule has 0 saturated heterocycles. The van der Waals surface area contributed by atoms with Gasteiger partial charge in [-0.2, -0.15) is 0 Å². The lowest BCUT2D eigenvalue weighted by Crippen LogP contribution is -2.10. The van der Waals surface area contributed by atoms with E-state index in [0.717, 1.165) is 19.3 Å². The Morgan fingerprint density at radius 1 is 1.13 bits per heavy atom. The highest BCUT2D eigenvalue weighted by molar-refractivity contribution is 5.28. The second kappa shape index (κ2) is 4.36. The quantitative estimate of drug-likeness (QED) is 0.782. The van der Waals surface area contributed by atoms with E-state index in [-0.39, 0.29) is 6.10 Å². The van der Waals surface area contributed by atoms with E-state index in [0.29, 0.717) is 11.8 Å². The Morgan fingerprint density at radius 3 is 2.27 bits per heavy atom. The highest BCUT2D eigenvalue weighted by Gasteiger charge is 2.26. The summed E-state index contributed by atoms with van der Waals surface area (Å²) in [5, 5.41) is 9.82. The zero-order chi connectivity index (χ0) is 10.8. The van der Waals surface area contributed by atoms with E-state index in [1.165, 1.54) is 11.1 Å². The Bertz CT molecular complexity index is 313. The minimum absolute atomic E-state index is 0.116. The second-order valence-corrected chi connectivity index (χ2v) is 4.93. The van der Waals surface area contributed by atoms with Gasteiger partial charge in [0.05, 0.1) is 6.10 Å². The molecular weight excluding hydrogens is 184 g/mol. The monoisotopic (exact) mass is 204 g/mol. The van der Waals surface area contributed by atoms with Gasteiger partial charge in [-0.1, -0.05) is 44.5 Å². The van der Waals surface area contributed by atoms with E-state index >= 15 is 0 Å². The number of aliphatic hydroxyl groups excluding tert-OH is 1. The van der Waals surface area contributed by atoms with Crippen LogP contribution in [-0.4, -0.2) is 11.2 Å². The fourth-order valence-electron chi connectivity index (χ4n) is 2.46. The number of rotatable bonds is 2. The van der Waals surface area contributed by atoms with Crippen molar-refractivity contribution in [1.82, 2.24) is 0 Å². The summed E-state index contributed by atoms with van der Waals surface area (Å²) in [5.74, 6) is 0.971. The minimum atomic E-state index is -0.116. The van der Waals surface area contributed by atoms with Gasteiger partial charge in [0, 0.05) is 5.92 Å². The van der Waals surface area contributed by atoms with E-state index in [1.54, 1.807) is 0 Å². The molecule has 1 N–H and O–H groups in total. The Hall–Kier alpha value is -0.820. The Balaban J connectivity index is 2.16. The van der Waals surface area contributed by atoms with Gasteiger partial charge in [-0.05, 0) is 29.9 Å². The van der Waals surface area contributed by atoms with Crippen molar-refractivity contribution in [2.24, 2.45) is 0 Å². The van der Waals surface area contributed by atoms with E-state index in [2.05, 4.69) is 38.1 Å². The van der Waals surface area contributed by atoms with Crippen molar-refractivity contribution in [2.45, 2.75) is 51.0 Å². The molecule has 1 saturated carbocycles. The van der Waals surface area contributed by atoms with E-state index in [4.69, 9.17) is 0 Å². The van der Waals surface area contributed by atoms with Crippen molar-refractivity contribution < 1.29 is 5.11 Å². The van der Waals surface area contributed by atoms with Crippen molar-refractivity contribution in [3.8, 4) is 0 Å². The lowest BCUT2D eigenvalue weighted by molar-refractivity contribution is 0.164. The summed E-state index contributed by atoms with van der Waals surface area (Å²) in [6, 6.07) is 8.78. The molecule has 1 aliphatic carbocycles. The molecule has 1 nitrogen and oxygen atoms in total. The van der Waals surface area contributed by atoms with Gasteiger partial charge in [-0.15, -0.1) is 0 Å². The maximum Gasteiger partial charge on any atom is 0.0608 e. The van der Waals surface area contributed by atoms with Crippen molar-refractivity contribution in [1.29, 1.82) is 0 Å². The maximum atomic E-state index is 9.82. The SMILES string of the molecule is CC(C)c1ccc(C2CCCC2O)cc1. The summed E-state index contributed by atoms with van der Waals surface area (Å²) < 4.78 is 0. The van der Waals surface area contributed by atoms with E-state index in [1.807, 2.05) is 0 Å². The van der Waals surface area contributed by atoms with Crippen LogP contribution in [0.5, 0.6) is 0 Å². The molecule has 0 heterocycles. The van der Waals surface area contributed by atoms with Crippen molar-refractivity contribution in [2.75, 3.05) is 0 Å². The first-order valence-electron chi connectivity index (χ1n) is 5.96. The van der Waals surface area contributed by atoms with E-state index < -0.39 is 0 Å². The summed E-state index contributed by atoms with van der Waals surface area (Å²) in [6.07, 6.45) is 3.16. The Morgan fingerprint density at radius 2 is 1.80 bits per heavy atom. The molecule has 1 aromatic carbocycles. The maximum absolute atomic E-state index is 9.82. The molecule has 1 aromatic rings. The molecule has 0 aromatic heterocycles. The van der Waals surface area contributed by atoms with Crippen LogP contribution in [0.15, 0.2) is 24.3 Å². The molecule has 0 aliphatic heterocycles. The van der Waals surface area contributed by atoms with Gasteiger partial charge in [0.25, 0.3) is 0 Å². The van der Waals surface area contributed by atoms with E-state index in [9.17, 15) is 5.11 Å². The van der Waals surface area contributed by atoms with Crippen LogP contribution in [0.25, 0.3) is 0 Å². The van der Waals surface area contributed by atoms with Crippen LogP contribution in [0.4, 0.5) is 0 Å². The van der Waals surface area contributed by atoms with Crippen LogP contribution in [-0.2, 0) is 0 Å². The summed E-state index contributed by atoms with van der Waals surface area (Å²) in [5.41, 5.74) is 2.69. The number of aliphatic hydroxyl groups is 1. The second-order valence-electron chi connectivity index (χ2n) is 4.93. The fourth-order valence-corrected chi connectivity index (χ4v) is 2.46. The van der Waals surface area contributed by atoms with Crippen LogP contribution in [0.2, 0.25) is 0 Å². The third kappa shape index (κ3) is 2.23. The van der Waals surface area contributed by atoms with Gasteiger partial charge in [0.2, 0.25) is 0 Å². The average Bonchev–Trinajstić information content (AvgIpc) is 2.65. The molecular formula is C14H20O. The van der Waals surface area contributed by atoms with Crippen LogP contribution < -0.4 is 0 Å². The highest BCUT2D eigenvalue weighted by atomic mass is 16.3. The number of hydrogen-bond acceptors (Lipinski definition) is 1. The first-order chi connectivity index (χ1) is 7.18. The Kier molecular flexibility index (Phi) is 3.11. The topological polar surface area (TPSA) is 20.2 Å². The van der Waals surface area contributed by atoms with Crippen molar-refractivity contribution >= 4 is 0 Å². The standard InChI is InChI=1S/C14H20O/c1-10(2)11-6-8-12(9-7-11)13-4-3-5-14(13)15/h6-10,13-15H,3-5H2,1-2H3. The predicted molar refractivity (Wildman–Crippen MR) is 63.1 cm³/mol. The first kappa shape index (κ1) is 10.7. The normalized spacial score (nSPS) is 26.1. The molecule has 1 fully saturated rings. The van der Waals surface area contributed by atoms with Gasteiger partial charge in [-0.3, -0.25) is 0 Å². The van der Waals surface area contributed by atoms with Gasteiger partial charge < -0.3 is 5.11 Å². The predicted octanol–water partition coefficient (Wildman–Crippen LogP) is 3.44. The van der Waals surface area contributed by atoms with Gasteiger partial charge in [0.15, 0.2) is 0 Å². The van der Waals surface area contributed by atoms with Crippen LogP contribution in [0, 0.1) is 0 Å². The molecule has 1 heteroatoms. The van der Waals surface area contributed by atoms with Crippen LogP contribution in [0.1, 0.15) is 56.1 Å². The van der Waals surface area contributed by atoms with Gasteiger partial charge >= 0.3 is 0 Å². The lowest BCUT2D eigenvalue weighted by atomic mass is 9.93. The first-order valence-corrected chi connectivity index (χ1v) is 5.96. The third-order valence-electron chi connectivity index (χ3n) is 3.51. The molecule has 0 radical (unpaired) electrons. The molecule has 82 valence electrons. The molecule has 2 unspecified atom stereocenters. The summed E-state index contributed by atoms with van der Waals surface area (Å²) >= 11 is 0. The molecule has 2 rings (SSSR count). The van der Waals surface area contributed by atoms with Crippen LogP contribution >= 0.6 is 0 Å².